The first-order chi connectivity index (χ1) is 16.4. The fraction of sp³-hybridized carbons (Fsp3) is 0.880. The molecule has 0 saturated carbocycles. The van der Waals surface area contributed by atoms with E-state index in [2.05, 4.69) is 16.9 Å². The summed E-state index contributed by atoms with van der Waals surface area (Å²) in [6, 6.07) is 0. The van der Waals surface area contributed by atoms with Gasteiger partial charge in [-0.3, -0.25) is 19.2 Å². The Morgan fingerprint density at radius 2 is 1.69 bits per heavy atom. The van der Waals surface area contributed by atoms with Gasteiger partial charge in [0.1, 0.15) is 5.44 Å². The molecule has 1 atom stereocenters. The van der Waals surface area contributed by atoms with Crippen molar-refractivity contribution in [1.29, 1.82) is 0 Å². The Kier molecular flexibility index (Phi) is 18.3. The Morgan fingerprint density at radius 1 is 1.03 bits per heavy atom. The fourth-order valence-corrected chi connectivity index (χ4v) is 5.54. The van der Waals surface area contributed by atoms with Crippen molar-refractivity contribution in [1.82, 2.24) is 15.7 Å². The first kappa shape index (κ1) is 35.4. The van der Waals surface area contributed by atoms with E-state index in [0.717, 1.165) is 50.2 Å². The third-order valence-corrected chi connectivity index (χ3v) is 7.35. The van der Waals surface area contributed by atoms with E-state index >= 15 is 0 Å². The maximum absolute atomic E-state index is 12.2. The van der Waals surface area contributed by atoms with E-state index in [4.69, 9.17) is 4.84 Å². The number of aliphatic hydroxyl groups is 1. The molecule has 1 radical (unpaired) electrons. The molecule has 1 heterocycles. The van der Waals surface area contributed by atoms with Gasteiger partial charge >= 0.3 is 0 Å². The zero-order valence-electron chi connectivity index (χ0n) is 22.7. The number of hydrogen-bond donors (Lipinski definition) is 3. The fourth-order valence-electron chi connectivity index (χ4n) is 4.11. The average molecular weight is 777 g/mol. The third-order valence-electron chi connectivity index (χ3n) is 5.50. The molecule has 0 spiro atoms. The monoisotopic (exact) mass is 774 g/mol. The van der Waals surface area contributed by atoms with Gasteiger partial charge in [0, 0.05) is 46.8 Å². The summed E-state index contributed by atoms with van der Waals surface area (Å²) in [5.41, 5.74) is -1.13. The van der Waals surface area contributed by atoms with Crippen LogP contribution < -0.4 is 10.6 Å². The Labute approximate surface area is 234 Å². The van der Waals surface area contributed by atoms with Crippen molar-refractivity contribution in [2.24, 2.45) is 5.41 Å². The number of carbonyl (C=O) groups excluding carboxylic acids is 3. The van der Waals surface area contributed by atoms with E-state index in [0.29, 0.717) is 38.8 Å². The smallest absolute Gasteiger partial charge is 0.249 e. The summed E-state index contributed by atoms with van der Waals surface area (Å²) in [5, 5.41) is 17.4. The second-order valence-electron chi connectivity index (χ2n) is 10.6. The average Bonchev–Trinajstić information content (AvgIpc) is 3.10. The van der Waals surface area contributed by atoms with Gasteiger partial charge in [-0.25, -0.2) is 5.06 Å². The first-order valence-corrected chi connectivity index (χ1v) is 15.2. The molecule has 1 unspecified atom stereocenters. The zero-order valence-corrected chi connectivity index (χ0v) is 27.5. The molecule has 36 heavy (non-hydrogen) atoms. The summed E-state index contributed by atoms with van der Waals surface area (Å²) in [7, 11) is 0. The molecule has 1 aliphatic rings. The van der Waals surface area contributed by atoms with Crippen LogP contribution in [0, 0.1) is 19.7 Å². The maximum atomic E-state index is 12.2. The topological polar surface area (TPSA) is 108 Å². The summed E-state index contributed by atoms with van der Waals surface area (Å²) >= 11 is 3.35. The van der Waals surface area contributed by atoms with Gasteiger partial charge in [0.15, 0.2) is 0 Å². The van der Waals surface area contributed by atoms with Crippen LogP contribution in [0.2, 0.25) is 0 Å². The van der Waals surface area contributed by atoms with Crippen LogP contribution >= 0.6 is 23.5 Å². The molecular formula is C25H47AmN3O5S2. The second kappa shape index (κ2) is 18.6. The molecule has 0 bridgehead atoms. The van der Waals surface area contributed by atoms with E-state index in [-0.39, 0.29) is 42.9 Å². The van der Waals surface area contributed by atoms with Crippen LogP contribution in [0.4, 0.5) is 0 Å². The number of amides is 3. The molecule has 1 fully saturated rings. The van der Waals surface area contributed by atoms with Gasteiger partial charge in [0.25, 0.3) is 0 Å². The van der Waals surface area contributed by atoms with Crippen molar-refractivity contribution < 1.29 is 38.6 Å². The van der Waals surface area contributed by atoms with E-state index in [9.17, 15) is 19.5 Å². The van der Waals surface area contributed by atoms with Crippen molar-refractivity contribution >= 4 is 41.2 Å². The Balaban J connectivity index is 0.0000122. The molecule has 1 saturated heterocycles. The summed E-state index contributed by atoms with van der Waals surface area (Å²) < 4.78 is 0. The van der Waals surface area contributed by atoms with Crippen LogP contribution in [-0.4, -0.2) is 76.3 Å². The first-order valence-electron chi connectivity index (χ1n) is 12.8. The van der Waals surface area contributed by atoms with Crippen molar-refractivity contribution in [3.63, 3.8) is 0 Å². The summed E-state index contributed by atoms with van der Waals surface area (Å²) in [6.07, 6.45) is 8.20. The molecule has 0 aromatic rings. The second-order valence-corrected chi connectivity index (χ2v) is 12.9. The molecule has 11 heteroatoms. The molecule has 0 aliphatic carbocycles. The van der Waals surface area contributed by atoms with Gasteiger partial charge < -0.3 is 15.7 Å². The van der Waals surface area contributed by atoms with Crippen molar-refractivity contribution in [2.45, 2.75) is 96.5 Å². The Bertz CT molecular complexity index is 662. The molecule has 3 N–H and O–H groups in total. The Hall–Kier alpha value is -0.580. The normalized spacial score (nSPS) is 16.1. The van der Waals surface area contributed by atoms with E-state index < -0.39 is 5.60 Å². The van der Waals surface area contributed by atoms with E-state index in [1.54, 1.807) is 37.4 Å². The van der Waals surface area contributed by atoms with Crippen LogP contribution in [0.15, 0.2) is 0 Å². The predicted molar refractivity (Wildman–Crippen MR) is 145 cm³/mol. The number of rotatable bonds is 19. The standard InChI is InChI=1S/C25H47N3O5S2.Am/c1-24(2,18-25(3,4)32)19-27-21(30)12-9-16-35-23-17-22(31)28(33-23)14-8-6-7-11-20(29)26-13-10-15-34-5;/h23,32H,6-19H2,1-5H3,(H,26,29)(H,27,30);. The van der Waals surface area contributed by atoms with Crippen LogP contribution in [0.3, 0.4) is 0 Å². The van der Waals surface area contributed by atoms with Gasteiger partial charge in [0.2, 0.25) is 17.7 Å². The molecule has 0 aromatic carbocycles. The van der Waals surface area contributed by atoms with Crippen LogP contribution in [0.25, 0.3) is 0 Å². The quantitative estimate of drug-likeness (QED) is 0.172. The van der Waals surface area contributed by atoms with E-state index in [1.165, 1.54) is 5.06 Å². The number of carbonyl (C=O) groups is 3. The molecule has 1 rings (SSSR count). The van der Waals surface area contributed by atoms with Crippen LogP contribution in [0.1, 0.15) is 85.5 Å². The third kappa shape index (κ3) is 17.8. The summed E-state index contributed by atoms with van der Waals surface area (Å²) in [6.45, 7) is 9.44. The van der Waals surface area contributed by atoms with Crippen LogP contribution in [-0.2, 0) is 19.2 Å². The summed E-state index contributed by atoms with van der Waals surface area (Å²) in [4.78, 5) is 41.9. The molecule has 3 amide bonds. The number of thioether (sulfide) groups is 2. The van der Waals surface area contributed by atoms with Gasteiger partial charge in [0.05, 0.1) is 12.0 Å². The molecule has 1 aliphatic heterocycles. The number of nitrogens with zero attached hydrogens (tertiary/aromatic N) is 1. The molecular weight excluding hydrogens is 729 g/mol. The van der Waals surface area contributed by atoms with Gasteiger partial charge in [-0.2, -0.15) is 11.8 Å². The molecule has 0 aromatic heterocycles. The summed E-state index contributed by atoms with van der Waals surface area (Å²) in [5.74, 6) is 1.91. The predicted octanol–water partition coefficient (Wildman–Crippen LogP) is 3.72. The Morgan fingerprint density at radius 3 is 2.36 bits per heavy atom. The largest absolute Gasteiger partial charge is 0.390 e. The number of nitrogens with one attached hydrogen (secondary N) is 2. The van der Waals surface area contributed by atoms with E-state index in [1.807, 2.05) is 13.8 Å². The minimum Gasteiger partial charge on any atom is -0.390 e. The van der Waals surface area contributed by atoms with Gasteiger partial charge in [-0.1, -0.05) is 20.3 Å². The minimum atomic E-state index is -0.763. The van der Waals surface area contributed by atoms with Gasteiger partial charge in [-0.05, 0) is 69.1 Å². The SMILES string of the molecule is CSCCCNC(=O)CCCCCN1OC(SCCCC(=O)NCC(C)(C)CC(C)(C)O)CC1=O.[Am]. The molecule has 8 nitrogen and oxygen atoms in total. The van der Waals surface area contributed by atoms with Crippen molar-refractivity contribution in [3.8, 4) is 0 Å². The molecule has 211 valence electrons. The maximum Gasteiger partial charge on any atom is 0.249 e. The number of unbranched alkanes of at least 4 members (excludes halogenated alkanes) is 2. The van der Waals surface area contributed by atoms with Crippen LogP contribution in [0.5, 0.6) is 0 Å². The van der Waals surface area contributed by atoms with Gasteiger partial charge in [-0.15, -0.1) is 11.8 Å². The van der Waals surface area contributed by atoms with Crippen molar-refractivity contribution in [2.75, 3.05) is 37.4 Å². The minimum absolute atomic E-state index is 0. The number of hydrogen-bond acceptors (Lipinski definition) is 7. The number of hydroxylamine groups is 2. The zero-order chi connectivity index (χ0) is 26.3. The van der Waals surface area contributed by atoms with Crippen molar-refractivity contribution in [3.05, 3.63) is 0 Å².